The van der Waals surface area contributed by atoms with Crippen molar-refractivity contribution in [2.75, 3.05) is 0 Å². The first kappa shape index (κ1) is 18.8. The average molecular weight is 374 g/mol. The zero-order valence-electron chi connectivity index (χ0n) is 15.5. The number of hydrogen-bond donors (Lipinski definition) is 1. The van der Waals surface area contributed by atoms with Crippen LogP contribution in [0.1, 0.15) is 40.3 Å². The molecule has 0 saturated heterocycles. The molecule has 1 unspecified atom stereocenters. The molecule has 142 valence electrons. The van der Waals surface area contributed by atoms with Gasteiger partial charge in [-0.05, 0) is 44.5 Å². The van der Waals surface area contributed by atoms with Crippen molar-refractivity contribution in [3.8, 4) is 5.75 Å². The SMILES string of the molecule is Cc1cc(C(=O)NC(C)c2cccc(OC(F)F)c2)c2c(C)nn(C)c2n1. The number of pyridine rings is 1. The maximum Gasteiger partial charge on any atom is 0.387 e. The molecule has 0 fully saturated rings. The van der Waals surface area contributed by atoms with Gasteiger partial charge in [-0.25, -0.2) is 4.98 Å². The third kappa shape index (κ3) is 3.89. The number of ether oxygens (including phenoxy) is 1. The van der Waals surface area contributed by atoms with Crippen LogP contribution in [0.4, 0.5) is 8.78 Å². The second-order valence-electron chi connectivity index (χ2n) is 6.36. The van der Waals surface area contributed by atoms with Crippen LogP contribution in [0.15, 0.2) is 30.3 Å². The lowest BCUT2D eigenvalue weighted by Crippen LogP contribution is -2.27. The van der Waals surface area contributed by atoms with Crippen LogP contribution in [0.25, 0.3) is 11.0 Å². The van der Waals surface area contributed by atoms with Crippen LogP contribution in [-0.4, -0.2) is 27.3 Å². The summed E-state index contributed by atoms with van der Waals surface area (Å²) in [5, 5.41) is 7.94. The highest BCUT2D eigenvalue weighted by molar-refractivity contribution is 6.06. The molecule has 3 rings (SSSR count). The van der Waals surface area contributed by atoms with Crippen LogP contribution in [0.2, 0.25) is 0 Å². The highest BCUT2D eigenvalue weighted by Gasteiger charge is 2.19. The minimum Gasteiger partial charge on any atom is -0.435 e. The van der Waals surface area contributed by atoms with Gasteiger partial charge in [0.1, 0.15) is 5.75 Å². The van der Waals surface area contributed by atoms with E-state index < -0.39 is 12.7 Å². The third-order valence-electron chi connectivity index (χ3n) is 4.27. The monoisotopic (exact) mass is 374 g/mol. The van der Waals surface area contributed by atoms with Gasteiger partial charge in [0.2, 0.25) is 0 Å². The zero-order valence-corrected chi connectivity index (χ0v) is 15.5. The Kier molecular flexibility index (Phi) is 5.07. The zero-order chi connectivity index (χ0) is 19.7. The first-order chi connectivity index (χ1) is 12.8. The predicted octanol–water partition coefficient (Wildman–Crippen LogP) is 3.68. The van der Waals surface area contributed by atoms with Crippen molar-refractivity contribution in [2.24, 2.45) is 7.05 Å². The Labute approximate surface area is 155 Å². The highest BCUT2D eigenvalue weighted by Crippen LogP contribution is 2.24. The first-order valence-corrected chi connectivity index (χ1v) is 8.43. The van der Waals surface area contributed by atoms with Crippen molar-refractivity contribution >= 4 is 16.9 Å². The number of aryl methyl sites for hydroxylation is 3. The third-order valence-corrected chi connectivity index (χ3v) is 4.27. The maximum absolute atomic E-state index is 12.9. The van der Waals surface area contributed by atoms with Crippen molar-refractivity contribution in [3.05, 3.63) is 52.8 Å². The van der Waals surface area contributed by atoms with Gasteiger partial charge in [-0.3, -0.25) is 9.48 Å². The van der Waals surface area contributed by atoms with E-state index in [2.05, 4.69) is 20.1 Å². The maximum atomic E-state index is 12.9. The van der Waals surface area contributed by atoms with Crippen LogP contribution in [0.3, 0.4) is 0 Å². The van der Waals surface area contributed by atoms with E-state index in [1.165, 1.54) is 12.1 Å². The Morgan fingerprint density at radius 1 is 1.26 bits per heavy atom. The standard InChI is InChI=1S/C19H20F2N4O2/c1-10-8-15(16-12(3)24-25(4)17(16)22-10)18(26)23-11(2)13-6-5-7-14(9-13)27-19(20)21/h5-9,11,19H,1-4H3,(H,23,26). The van der Waals surface area contributed by atoms with Crippen molar-refractivity contribution in [1.82, 2.24) is 20.1 Å². The fourth-order valence-corrected chi connectivity index (χ4v) is 3.07. The van der Waals surface area contributed by atoms with Crippen LogP contribution in [0.5, 0.6) is 5.75 Å². The molecule has 1 amide bonds. The van der Waals surface area contributed by atoms with Gasteiger partial charge >= 0.3 is 6.61 Å². The molecule has 1 N–H and O–H groups in total. The van der Waals surface area contributed by atoms with E-state index in [0.29, 0.717) is 33.5 Å². The molecule has 2 heterocycles. The van der Waals surface area contributed by atoms with E-state index in [1.54, 1.807) is 36.9 Å². The Balaban J connectivity index is 1.89. The topological polar surface area (TPSA) is 69.0 Å². The van der Waals surface area contributed by atoms with Crippen LogP contribution in [-0.2, 0) is 7.05 Å². The molecule has 6 nitrogen and oxygen atoms in total. The van der Waals surface area contributed by atoms with Crippen molar-refractivity contribution < 1.29 is 18.3 Å². The molecule has 2 aromatic heterocycles. The number of amides is 1. The van der Waals surface area contributed by atoms with Gasteiger partial charge in [-0.15, -0.1) is 0 Å². The lowest BCUT2D eigenvalue weighted by atomic mass is 10.1. The van der Waals surface area contributed by atoms with E-state index in [1.807, 2.05) is 13.8 Å². The lowest BCUT2D eigenvalue weighted by molar-refractivity contribution is -0.0499. The van der Waals surface area contributed by atoms with Crippen molar-refractivity contribution in [1.29, 1.82) is 0 Å². The number of aromatic nitrogens is 3. The molecule has 27 heavy (non-hydrogen) atoms. The fraction of sp³-hybridized carbons (Fsp3) is 0.316. The molecule has 0 aliphatic rings. The van der Waals surface area contributed by atoms with E-state index in [0.717, 1.165) is 0 Å². The summed E-state index contributed by atoms with van der Waals surface area (Å²) in [4.78, 5) is 17.3. The largest absolute Gasteiger partial charge is 0.435 e. The average Bonchev–Trinajstić information content (AvgIpc) is 2.87. The second kappa shape index (κ2) is 7.30. The van der Waals surface area contributed by atoms with Gasteiger partial charge in [-0.2, -0.15) is 13.9 Å². The summed E-state index contributed by atoms with van der Waals surface area (Å²) in [6, 6.07) is 7.59. The summed E-state index contributed by atoms with van der Waals surface area (Å²) in [7, 11) is 1.78. The first-order valence-electron chi connectivity index (χ1n) is 8.43. The minimum atomic E-state index is -2.90. The molecule has 1 atom stereocenters. The molecule has 0 aliphatic heterocycles. The van der Waals surface area contributed by atoms with Crippen LogP contribution in [0, 0.1) is 13.8 Å². The quantitative estimate of drug-likeness (QED) is 0.740. The number of alkyl halides is 2. The van der Waals surface area contributed by atoms with Crippen molar-refractivity contribution in [3.63, 3.8) is 0 Å². The number of rotatable bonds is 5. The fourth-order valence-electron chi connectivity index (χ4n) is 3.07. The summed E-state index contributed by atoms with van der Waals surface area (Å²) in [6.07, 6.45) is 0. The molecule has 3 aromatic rings. The molecule has 0 saturated carbocycles. The molecule has 0 aliphatic carbocycles. The number of nitrogens with one attached hydrogen (secondary N) is 1. The van der Waals surface area contributed by atoms with Gasteiger partial charge < -0.3 is 10.1 Å². The molecule has 0 radical (unpaired) electrons. The summed E-state index contributed by atoms with van der Waals surface area (Å²) >= 11 is 0. The van der Waals surface area contributed by atoms with Gasteiger partial charge in [0.25, 0.3) is 5.91 Å². The number of carbonyl (C=O) groups is 1. The van der Waals surface area contributed by atoms with Crippen molar-refractivity contribution in [2.45, 2.75) is 33.4 Å². The Morgan fingerprint density at radius 3 is 2.70 bits per heavy atom. The number of hydrogen-bond acceptors (Lipinski definition) is 4. The Hall–Kier alpha value is -3.03. The normalized spacial score (nSPS) is 12.4. The summed E-state index contributed by atoms with van der Waals surface area (Å²) < 4.78 is 30.9. The van der Waals surface area contributed by atoms with E-state index in [9.17, 15) is 13.6 Å². The van der Waals surface area contributed by atoms with Crippen LogP contribution >= 0.6 is 0 Å². The second-order valence-corrected chi connectivity index (χ2v) is 6.36. The number of carbonyl (C=O) groups excluding carboxylic acids is 1. The Bertz CT molecular complexity index is 1000. The smallest absolute Gasteiger partial charge is 0.387 e. The highest BCUT2D eigenvalue weighted by atomic mass is 19.3. The van der Waals surface area contributed by atoms with E-state index in [4.69, 9.17) is 0 Å². The molecule has 1 aromatic carbocycles. The van der Waals surface area contributed by atoms with Crippen LogP contribution < -0.4 is 10.1 Å². The number of benzene rings is 1. The molecule has 8 heteroatoms. The molecular formula is C19H20F2N4O2. The number of fused-ring (bicyclic) bond motifs is 1. The van der Waals surface area contributed by atoms with Gasteiger partial charge in [0.15, 0.2) is 5.65 Å². The van der Waals surface area contributed by atoms with Gasteiger partial charge in [-0.1, -0.05) is 12.1 Å². The molecule has 0 bridgehead atoms. The summed E-state index contributed by atoms with van der Waals surface area (Å²) in [5.74, 6) is -0.233. The van der Waals surface area contributed by atoms with Gasteiger partial charge in [0, 0.05) is 12.7 Å². The van der Waals surface area contributed by atoms with E-state index >= 15 is 0 Å². The summed E-state index contributed by atoms with van der Waals surface area (Å²) in [6.45, 7) is 2.52. The van der Waals surface area contributed by atoms with Gasteiger partial charge in [0.05, 0.1) is 22.7 Å². The minimum absolute atomic E-state index is 0.0499. The predicted molar refractivity (Wildman–Crippen MR) is 96.9 cm³/mol. The number of nitrogens with zero attached hydrogens (tertiary/aromatic N) is 3. The summed E-state index contributed by atoms with van der Waals surface area (Å²) in [5.41, 5.74) is 3.19. The lowest BCUT2D eigenvalue weighted by Gasteiger charge is -2.16. The van der Waals surface area contributed by atoms with E-state index in [-0.39, 0.29) is 11.7 Å². The molecular weight excluding hydrogens is 354 g/mol. The Morgan fingerprint density at radius 2 is 2.00 bits per heavy atom. The molecule has 0 spiro atoms. The number of halogens is 2.